The molecule has 1 N–H and O–H groups in total. The van der Waals surface area contributed by atoms with Crippen LogP contribution in [-0.4, -0.2) is 17.7 Å². The van der Waals surface area contributed by atoms with Crippen molar-refractivity contribution in [2.45, 2.75) is 13.0 Å². The second-order valence-corrected chi connectivity index (χ2v) is 4.66. The molecule has 0 saturated heterocycles. The summed E-state index contributed by atoms with van der Waals surface area (Å²) in [6.45, 7) is 1.90. The fourth-order valence-electron chi connectivity index (χ4n) is 1.91. The van der Waals surface area contributed by atoms with E-state index in [9.17, 15) is 9.90 Å². The van der Waals surface area contributed by atoms with Crippen molar-refractivity contribution in [3.63, 3.8) is 0 Å². The van der Waals surface area contributed by atoms with Crippen molar-refractivity contribution in [3.8, 4) is 11.1 Å². The lowest BCUT2D eigenvalue weighted by molar-refractivity contribution is -0.153. The van der Waals surface area contributed by atoms with Gasteiger partial charge >= 0.3 is 5.97 Å². The van der Waals surface area contributed by atoms with Crippen LogP contribution >= 0.6 is 11.6 Å². The van der Waals surface area contributed by atoms with Gasteiger partial charge in [0.15, 0.2) is 6.10 Å². The zero-order valence-electron chi connectivity index (χ0n) is 11.0. The van der Waals surface area contributed by atoms with E-state index in [4.69, 9.17) is 16.3 Å². The molecular formula is C16H15ClO3. The van der Waals surface area contributed by atoms with Crippen LogP contribution in [0.15, 0.2) is 48.5 Å². The average Bonchev–Trinajstić information content (AvgIpc) is 2.47. The SMILES string of the molecule is CCOC(=O)C(O)c1ccc(-c2ccccc2)cc1Cl. The van der Waals surface area contributed by atoms with Crippen LogP contribution in [0.25, 0.3) is 11.1 Å². The van der Waals surface area contributed by atoms with E-state index in [-0.39, 0.29) is 6.61 Å². The maximum Gasteiger partial charge on any atom is 0.339 e. The monoisotopic (exact) mass is 290 g/mol. The van der Waals surface area contributed by atoms with Gasteiger partial charge in [-0.2, -0.15) is 0 Å². The summed E-state index contributed by atoms with van der Waals surface area (Å²) >= 11 is 6.15. The van der Waals surface area contributed by atoms with Gasteiger partial charge in [-0.15, -0.1) is 0 Å². The molecular weight excluding hydrogens is 276 g/mol. The Morgan fingerprint density at radius 3 is 2.50 bits per heavy atom. The molecule has 4 heteroatoms. The van der Waals surface area contributed by atoms with Crippen LogP contribution in [0.5, 0.6) is 0 Å². The summed E-state index contributed by atoms with van der Waals surface area (Å²) in [5, 5.41) is 10.2. The predicted octanol–water partition coefficient (Wildman–Crippen LogP) is 3.60. The number of carbonyl (C=O) groups excluding carboxylic acids is 1. The summed E-state index contributed by atoms with van der Waals surface area (Å²) in [4.78, 5) is 11.5. The van der Waals surface area contributed by atoms with E-state index in [1.807, 2.05) is 36.4 Å². The molecule has 0 bridgehead atoms. The summed E-state index contributed by atoms with van der Waals surface area (Å²) in [6.07, 6.45) is -1.35. The van der Waals surface area contributed by atoms with Crippen molar-refractivity contribution >= 4 is 17.6 Å². The van der Waals surface area contributed by atoms with Crippen LogP contribution < -0.4 is 0 Å². The molecule has 2 aromatic carbocycles. The summed E-state index contributed by atoms with van der Waals surface area (Å²) in [5.74, 6) is -0.693. The van der Waals surface area contributed by atoms with E-state index in [0.717, 1.165) is 11.1 Å². The Morgan fingerprint density at radius 2 is 1.90 bits per heavy atom. The second-order valence-electron chi connectivity index (χ2n) is 4.26. The Morgan fingerprint density at radius 1 is 1.20 bits per heavy atom. The van der Waals surface area contributed by atoms with E-state index in [2.05, 4.69) is 0 Å². The minimum atomic E-state index is -1.35. The predicted molar refractivity (Wildman–Crippen MR) is 78.5 cm³/mol. The van der Waals surface area contributed by atoms with Crippen LogP contribution in [0.1, 0.15) is 18.6 Å². The molecule has 0 amide bonds. The van der Waals surface area contributed by atoms with Crippen molar-refractivity contribution in [2.75, 3.05) is 6.61 Å². The first-order valence-corrected chi connectivity index (χ1v) is 6.71. The molecule has 2 rings (SSSR count). The molecule has 2 aromatic rings. The zero-order valence-corrected chi connectivity index (χ0v) is 11.8. The van der Waals surface area contributed by atoms with Crippen LogP contribution in [0, 0.1) is 0 Å². The van der Waals surface area contributed by atoms with Gasteiger partial charge < -0.3 is 9.84 Å². The summed E-state index contributed by atoms with van der Waals surface area (Å²) in [7, 11) is 0. The minimum absolute atomic E-state index is 0.218. The largest absolute Gasteiger partial charge is 0.464 e. The van der Waals surface area contributed by atoms with Gasteiger partial charge in [-0.25, -0.2) is 4.79 Å². The Labute approximate surface area is 122 Å². The smallest absolute Gasteiger partial charge is 0.339 e. The lowest BCUT2D eigenvalue weighted by Crippen LogP contribution is -2.15. The molecule has 20 heavy (non-hydrogen) atoms. The number of rotatable bonds is 4. The Kier molecular flexibility index (Phi) is 4.77. The third kappa shape index (κ3) is 3.18. The number of benzene rings is 2. The number of ether oxygens (including phenoxy) is 1. The molecule has 1 atom stereocenters. The van der Waals surface area contributed by atoms with Crippen molar-refractivity contribution in [1.82, 2.24) is 0 Å². The summed E-state index contributed by atoms with van der Waals surface area (Å²) in [6, 6.07) is 14.9. The van der Waals surface area contributed by atoms with Gasteiger partial charge in [0.05, 0.1) is 6.61 Å². The van der Waals surface area contributed by atoms with Gasteiger partial charge in [0, 0.05) is 10.6 Å². The Balaban J connectivity index is 2.29. The maximum atomic E-state index is 11.5. The Hall–Kier alpha value is -1.84. The standard InChI is InChI=1S/C16H15ClO3/c1-2-20-16(19)15(18)13-9-8-12(10-14(13)17)11-6-4-3-5-7-11/h3-10,15,18H,2H2,1H3. The topological polar surface area (TPSA) is 46.5 Å². The average molecular weight is 291 g/mol. The molecule has 3 nitrogen and oxygen atoms in total. The number of esters is 1. The second kappa shape index (κ2) is 6.55. The van der Waals surface area contributed by atoms with Crippen molar-refractivity contribution in [2.24, 2.45) is 0 Å². The Bertz CT molecular complexity index is 596. The highest BCUT2D eigenvalue weighted by molar-refractivity contribution is 6.32. The highest BCUT2D eigenvalue weighted by Gasteiger charge is 2.21. The summed E-state index contributed by atoms with van der Waals surface area (Å²) < 4.78 is 4.78. The number of aliphatic hydroxyl groups excluding tert-OH is 1. The molecule has 0 spiro atoms. The van der Waals surface area contributed by atoms with Crippen LogP contribution in [0.3, 0.4) is 0 Å². The lowest BCUT2D eigenvalue weighted by Gasteiger charge is -2.12. The van der Waals surface area contributed by atoms with Crippen molar-refractivity contribution < 1.29 is 14.6 Å². The van der Waals surface area contributed by atoms with Crippen LogP contribution in [0.4, 0.5) is 0 Å². The highest BCUT2D eigenvalue weighted by atomic mass is 35.5. The minimum Gasteiger partial charge on any atom is -0.464 e. The first-order chi connectivity index (χ1) is 9.63. The fourth-order valence-corrected chi connectivity index (χ4v) is 2.19. The highest BCUT2D eigenvalue weighted by Crippen LogP contribution is 2.29. The molecule has 0 aliphatic heterocycles. The lowest BCUT2D eigenvalue weighted by atomic mass is 10.0. The maximum absolute atomic E-state index is 11.5. The van der Waals surface area contributed by atoms with Gasteiger partial charge in [-0.1, -0.05) is 54.1 Å². The molecule has 0 radical (unpaired) electrons. The molecule has 0 heterocycles. The van der Waals surface area contributed by atoms with Gasteiger partial charge in [-0.05, 0) is 24.1 Å². The number of aliphatic hydroxyl groups is 1. The van der Waals surface area contributed by atoms with E-state index in [1.165, 1.54) is 0 Å². The molecule has 0 saturated carbocycles. The first kappa shape index (κ1) is 14.6. The zero-order chi connectivity index (χ0) is 14.5. The summed E-state index contributed by atoms with van der Waals surface area (Å²) in [5.41, 5.74) is 2.30. The molecule has 0 aromatic heterocycles. The van der Waals surface area contributed by atoms with Gasteiger partial charge in [0.2, 0.25) is 0 Å². The van der Waals surface area contributed by atoms with Crippen molar-refractivity contribution in [3.05, 3.63) is 59.1 Å². The molecule has 1 unspecified atom stereocenters. The fraction of sp³-hybridized carbons (Fsp3) is 0.188. The van der Waals surface area contributed by atoms with E-state index >= 15 is 0 Å². The molecule has 104 valence electrons. The number of hydrogen-bond acceptors (Lipinski definition) is 3. The molecule has 0 aliphatic rings. The van der Waals surface area contributed by atoms with Crippen LogP contribution in [-0.2, 0) is 9.53 Å². The normalized spacial score (nSPS) is 11.9. The van der Waals surface area contributed by atoms with Crippen LogP contribution in [0.2, 0.25) is 5.02 Å². The molecule has 0 fully saturated rings. The number of hydrogen-bond donors (Lipinski definition) is 1. The third-order valence-corrected chi connectivity index (χ3v) is 3.24. The quantitative estimate of drug-likeness (QED) is 0.875. The van der Waals surface area contributed by atoms with E-state index in [1.54, 1.807) is 19.1 Å². The van der Waals surface area contributed by atoms with Gasteiger partial charge in [0.1, 0.15) is 0 Å². The number of carbonyl (C=O) groups is 1. The van der Waals surface area contributed by atoms with E-state index < -0.39 is 12.1 Å². The van der Waals surface area contributed by atoms with Gasteiger partial charge in [0.25, 0.3) is 0 Å². The third-order valence-electron chi connectivity index (χ3n) is 2.91. The van der Waals surface area contributed by atoms with Crippen molar-refractivity contribution in [1.29, 1.82) is 0 Å². The molecule has 0 aliphatic carbocycles. The number of halogens is 1. The first-order valence-electron chi connectivity index (χ1n) is 6.33. The van der Waals surface area contributed by atoms with Gasteiger partial charge in [-0.3, -0.25) is 0 Å². The van der Waals surface area contributed by atoms with E-state index in [0.29, 0.717) is 10.6 Å².